The number of hydrogen-bond donors (Lipinski definition) is 2. The van der Waals surface area contributed by atoms with E-state index in [2.05, 4.69) is 15.3 Å². The number of amides is 1. The van der Waals surface area contributed by atoms with Crippen LogP contribution in [0, 0.1) is 0 Å². The highest BCUT2D eigenvalue weighted by molar-refractivity contribution is 5.82. The molecule has 1 aromatic heterocycles. The molecular formula is C14H15N3O2. The van der Waals surface area contributed by atoms with Crippen LogP contribution in [-0.2, 0) is 17.6 Å². The van der Waals surface area contributed by atoms with Crippen LogP contribution in [0.1, 0.15) is 11.3 Å². The van der Waals surface area contributed by atoms with Crippen LogP contribution in [0.25, 0.3) is 0 Å². The van der Waals surface area contributed by atoms with Gasteiger partial charge in [0.1, 0.15) is 5.75 Å². The van der Waals surface area contributed by atoms with Crippen molar-refractivity contribution in [3.8, 4) is 5.75 Å². The van der Waals surface area contributed by atoms with Crippen molar-refractivity contribution >= 4 is 5.91 Å². The van der Waals surface area contributed by atoms with Crippen molar-refractivity contribution in [2.75, 3.05) is 6.54 Å². The number of aromatic nitrogens is 2. The van der Waals surface area contributed by atoms with Crippen molar-refractivity contribution in [1.82, 2.24) is 15.3 Å². The summed E-state index contributed by atoms with van der Waals surface area (Å²) < 4.78 is 5.62. The number of H-pyrrole nitrogens is 1. The lowest BCUT2D eigenvalue weighted by Gasteiger charge is -2.10. The van der Waals surface area contributed by atoms with Gasteiger partial charge < -0.3 is 15.0 Å². The van der Waals surface area contributed by atoms with Crippen LogP contribution in [0.2, 0.25) is 0 Å². The fourth-order valence-electron chi connectivity index (χ4n) is 2.18. The fraction of sp³-hybridized carbons (Fsp3) is 0.286. The Kier molecular flexibility index (Phi) is 3.18. The molecule has 3 rings (SSSR count). The monoisotopic (exact) mass is 257 g/mol. The second kappa shape index (κ2) is 5.14. The van der Waals surface area contributed by atoms with Gasteiger partial charge in [-0.1, -0.05) is 18.2 Å². The predicted molar refractivity (Wildman–Crippen MR) is 69.9 cm³/mol. The molecule has 1 aliphatic rings. The third-order valence-electron chi connectivity index (χ3n) is 3.19. The Balaban J connectivity index is 1.50. The average Bonchev–Trinajstić information content (AvgIpc) is 3.07. The summed E-state index contributed by atoms with van der Waals surface area (Å²) in [7, 11) is 0. The topological polar surface area (TPSA) is 67.0 Å². The number of carbonyl (C=O) groups is 1. The molecule has 1 aromatic carbocycles. The second-order valence-electron chi connectivity index (χ2n) is 4.54. The Hall–Kier alpha value is -2.30. The molecule has 98 valence electrons. The molecule has 1 unspecified atom stereocenters. The fourth-order valence-corrected chi connectivity index (χ4v) is 2.18. The van der Waals surface area contributed by atoms with E-state index in [4.69, 9.17) is 4.74 Å². The van der Waals surface area contributed by atoms with Gasteiger partial charge in [0.2, 0.25) is 0 Å². The van der Waals surface area contributed by atoms with Gasteiger partial charge in [0.05, 0.1) is 6.33 Å². The SMILES string of the molecule is O=C(NCCc1cnc[nH]1)C1Cc2ccccc2O1. The van der Waals surface area contributed by atoms with E-state index in [1.165, 1.54) is 0 Å². The molecular weight excluding hydrogens is 242 g/mol. The highest BCUT2D eigenvalue weighted by Gasteiger charge is 2.28. The van der Waals surface area contributed by atoms with Crippen molar-refractivity contribution in [2.24, 2.45) is 0 Å². The third-order valence-corrected chi connectivity index (χ3v) is 3.19. The normalized spacial score (nSPS) is 16.7. The third kappa shape index (κ3) is 2.59. The Bertz CT molecular complexity index is 541. The van der Waals surface area contributed by atoms with Gasteiger partial charge in [-0.2, -0.15) is 0 Å². The van der Waals surface area contributed by atoms with E-state index in [1.54, 1.807) is 12.5 Å². The molecule has 0 saturated heterocycles. The standard InChI is InChI=1S/C14H15N3O2/c18-14(16-6-5-11-8-15-9-17-11)13-7-10-3-1-2-4-12(10)19-13/h1-4,8-9,13H,5-7H2,(H,15,17)(H,16,18). The molecule has 0 aliphatic carbocycles. The van der Waals surface area contributed by atoms with Crippen LogP contribution in [0.5, 0.6) is 5.75 Å². The van der Waals surface area contributed by atoms with E-state index < -0.39 is 6.10 Å². The summed E-state index contributed by atoms with van der Waals surface area (Å²) in [5.74, 6) is 0.756. The maximum Gasteiger partial charge on any atom is 0.261 e. The van der Waals surface area contributed by atoms with Crippen molar-refractivity contribution in [1.29, 1.82) is 0 Å². The minimum absolute atomic E-state index is 0.0595. The molecule has 2 aromatic rings. The van der Waals surface area contributed by atoms with Crippen LogP contribution < -0.4 is 10.1 Å². The number of para-hydroxylation sites is 1. The Morgan fingerprint density at radius 2 is 2.37 bits per heavy atom. The summed E-state index contributed by atoms with van der Waals surface area (Å²) in [5.41, 5.74) is 2.10. The Morgan fingerprint density at radius 3 is 3.16 bits per heavy atom. The summed E-state index contributed by atoms with van der Waals surface area (Å²) in [6.07, 6.45) is 4.37. The lowest BCUT2D eigenvalue weighted by molar-refractivity contribution is -0.127. The first-order valence-corrected chi connectivity index (χ1v) is 6.32. The summed E-state index contributed by atoms with van der Waals surface area (Å²) in [6, 6.07) is 7.76. The molecule has 2 heterocycles. The van der Waals surface area contributed by atoms with Gasteiger partial charge in [-0.25, -0.2) is 4.98 Å². The van der Waals surface area contributed by atoms with Crippen molar-refractivity contribution in [3.63, 3.8) is 0 Å². The number of nitrogens with zero attached hydrogens (tertiary/aromatic N) is 1. The highest BCUT2D eigenvalue weighted by Crippen LogP contribution is 2.27. The Morgan fingerprint density at radius 1 is 1.47 bits per heavy atom. The number of rotatable bonds is 4. The quantitative estimate of drug-likeness (QED) is 0.861. The van der Waals surface area contributed by atoms with E-state index in [1.807, 2.05) is 24.3 Å². The molecule has 19 heavy (non-hydrogen) atoms. The largest absolute Gasteiger partial charge is 0.480 e. The molecule has 0 spiro atoms. The highest BCUT2D eigenvalue weighted by atomic mass is 16.5. The number of aromatic amines is 1. The molecule has 0 fully saturated rings. The smallest absolute Gasteiger partial charge is 0.261 e. The lowest BCUT2D eigenvalue weighted by atomic mass is 10.1. The zero-order valence-corrected chi connectivity index (χ0v) is 10.4. The van der Waals surface area contributed by atoms with E-state index in [-0.39, 0.29) is 5.91 Å². The summed E-state index contributed by atoms with van der Waals surface area (Å²) >= 11 is 0. The van der Waals surface area contributed by atoms with Gasteiger partial charge in [-0.05, 0) is 11.6 Å². The van der Waals surface area contributed by atoms with Gasteiger partial charge in [-0.15, -0.1) is 0 Å². The molecule has 0 bridgehead atoms. The molecule has 1 aliphatic heterocycles. The summed E-state index contributed by atoms with van der Waals surface area (Å²) in [5, 5.41) is 2.89. The minimum Gasteiger partial charge on any atom is -0.480 e. The molecule has 1 amide bonds. The molecule has 0 saturated carbocycles. The summed E-state index contributed by atoms with van der Waals surface area (Å²) in [4.78, 5) is 18.9. The van der Waals surface area contributed by atoms with E-state index in [9.17, 15) is 4.79 Å². The number of benzene rings is 1. The number of fused-ring (bicyclic) bond motifs is 1. The molecule has 5 nitrogen and oxygen atoms in total. The number of carbonyl (C=O) groups excluding carboxylic acids is 1. The molecule has 0 radical (unpaired) electrons. The van der Waals surface area contributed by atoms with E-state index in [0.717, 1.165) is 23.4 Å². The first-order chi connectivity index (χ1) is 9.33. The van der Waals surface area contributed by atoms with Crippen molar-refractivity contribution < 1.29 is 9.53 Å². The Labute approximate surface area is 111 Å². The molecule has 5 heteroatoms. The van der Waals surface area contributed by atoms with Crippen LogP contribution in [0.15, 0.2) is 36.8 Å². The molecule has 1 atom stereocenters. The van der Waals surface area contributed by atoms with Gasteiger partial charge in [0.25, 0.3) is 5.91 Å². The van der Waals surface area contributed by atoms with Gasteiger partial charge >= 0.3 is 0 Å². The minimum atomic E-state index is -0.404. The zero-order valence-electron chi connectivity index (χ0n) is 10.4. The first kappa shape index (κ1) is 11.8. The van der Waals surface area contributed by atoms with E-state index >= 15 is 0 Å². The predicted octanol–water partition coefficient (Wildman–Crippen LogP) is 1.07. The maximum absolute atomic E-state index is 12.0. The average molecular weight is 257 g/mol. The second-order valence-corrected chi connectivity index (χ2v) is 4.54. The molecule has 2 N–H and O–H groups in total. The number of hydrogen-bond acceptors (Lipinski definition) is 3. The number of imidazole rings is 1. The van der Waals surface area contributed by atoms with Crippen molar-refractivity contribution in [2.45, 2.75) is 18.9 Å². The van der Waals surface area contributed by atoms with Crippen molar-refractivity contribution in [3.05, 3.63) is 48.0 Å². The van der Waals surface area contributed by atoms with E-state index in [0.29, 0.717) is 13.0 Å². The zero-order chi connectivity index (χ0) is 13.1. The lowest BCUT2D eigenvalue weighted by Crippen LogP contribution is -2.38. The van der Waals surface area contributed by atoms with Crippen LogP contribution in [0.4, 0.5) is 0 Å². The van der Waals surface area contributed by atoms with Gasteiger partial charge in [-0.3, -0.25) is 4.79 Å². The first-order valence-electron chi connectivity index (χ1n) is 6.32. The van der Waals surface area contributed by atoms with Crippen LogP contribution in [0.3, 0.4) is 0 Å². The summed E-state index contributed by atoms with van der Waals surface area (Å²) in [6.45, 7) is 0.581. The number of ether oxygens (including phenoxy) is 1. The van der Waals surface area contributed by atoms with Crippen LogP contribution in [-0.4, -0.2) is 28.5 Å². The van der Waals surface area contributed by atoms with Gasteiger partial charge in [0.15, 0.2) is 6.10 Å². The van der Waals surface area contributed by atoms with Crippen LogP contribution >= 0.6 is 0 Å². The number of nitrogens with one attached hydrogen (secondary N) is 2. The van der Waals surface area contributed by atoms with Gasteiger partial charge in [0, 0.05) is 31.3 Å². The maximum atomic E-state index is 12.0.